The van der Waals surface area contributed by atoms with Crippen molar-refractivity contribution in [3.05, 3.63) is 0 Å². The summed E-state index contributed by atoms with van der Waals surface area (Å²) in [6, 6.07) is 0. The summed E-state index contributed by atoms with van der Waals surface area (Å²) in [5, 5.41) is 8.84. The second kappa shape index (κ2) is 6.35. The van der Waals surface area contributed by atoms with E-state index >= 15 is 0 Å². The number of aliphatic hydroxyl groups is 1. The molecule has 0 aliphatic rings. The average molecular weight is 189 g/mol. The van der Waals surface area contributed by atoms with Gasteiger partial charge in [0.15, 0.2) is 0 Å². The maximum Gasteiger partial charge on any atom is 0.0799 e. The third-order valence-corrected chi connectivity index (χ3v) is 2.65. The molecule has 0 aliphatic heterocycles. The predicted molar refractivity (Wildman–Crippen MR) is 54.6 cm³/mol. The number of nitrogens with two attached hydrogens (primary N) is 1. The van der Waals surface area contributed by atoms with Crippen LogP contribution in [0.25, 0.3) is 0 Å². The van der Waals surface area contributed by atoms with Gasteiger partial charge in [-0.15, -0.1) is 0 Å². The summed E-state index contributed by atoms with van der Waals surface area (Å²) >= 11 is 0. The Morgan fingerprint density at radius 2 is 1.92 bits per heavy atom. The Hall–Kier alpha value is -0.120. The minimum absolute atomic E-state index is 0.175. The van der Waals surface area contributed by atoms with E-state index in [9.17, 15) is 0 Å². The summed E-state index contributed by atoms with van der Waals surface area (Å²) in [6.45, 7) is 7.45. The molecule has 0 amide bonds. The zero-order valence-corrected chi connectivity index (χ0v) is 9.05. The van der Waals surface area contributed by atoms with Crippen molar-refractivity contribution in [3.8, 4) is 0 Å². The molecule has 0 saturated carbocycles. The van der Waals surface area contributed by atoms with Crippen molar-refractivity contribution in [2.24, 2.45) is 11.7 Å². The minimum Gasteiger partial charge on any atom is -0.396 e. The molecule has 0 fully saturated rings. The van der Waals surface area contributed by atoms with E-state index in [4.69, 9.17) is 15.6 Å². The molecule has 0 aromatic carbocycles. The van der Waals surface area contributed by atoms with Crippen LogP contribution >= 0.6 is 0 Å². The maximum atomic E-state index is 8.84. The summed E-state index contributed by atoms with van der Waals surface area (Å²) in [6.07, 6.45) is 1.86. The van der Waals surface area contributed by atoms with Crippen LogP contribution in [0.3, 0.4) is 0 Å². The smallest absolute Gasteiger partial charge is 0.0799 e. The van der Waals surface area contributed by atoms with Crippen LogP contribution in [0.1, 0.15) is 33.6 Å². The molecule has 0 spiro atoms. The first-order chi connectivity index (χ1) is 6.14. The second-order valence-electron chi connectivity index (χ2n) is 3.69. The molecule has 1 atom stereocenters. The van der Waals surface area contributed by atoms with Gasteiger partial charge < -0.3 is 15.6 Å². The molecule has 3 heteroatoms. The highest BCUT2D eigenvalue weighted by molar-refractivity contribution is 4.78. The summed E-state index contributed by atoms with van der Waals surface area (Å²) in [5.74, 6) is 0.198. The molecule has 0 heterocycles. The van der Waals surface area contributed by atoms with Gasteiger partial charge in [0.25, 0.3) is 0 Å². The molecule has 0 radical (unpaired) electrons. The highest BCUT2D eigenvalue weighted by Gasteiger charge is 2.25. The van der Waals surface area contributed by atoms with E-state index in [1.165, 1.54) is 0 Å². The third kappa shape index (κ3) is 4.07. The highest BCUT2D eigenvalue weighted by Crippen LogP contribution is 2.19. The Labute approximate surface area is 81.3 Å². The summed E-state index contributed by atoms with van der Waals surface area (Å²) in [5.41, 5.74) is 5.49. The van der Waals surface area contributed by atoms with Crippen LogP contribution in [-0.4, -0.2) is 30.5 Å². The first-order valence-corrected chi connectivity index (χ1v) is 5.09. The fourth-order valence-electron chi connectivity index (χ4n) is 1.17. The van der Waals surface area contributed by atoms with Gasteiger partial charge in [0.2, 0.25) is 0 Å². The van der Waals surface area contributed by atoms with E-state index in [1.807, 2.05) is 6.92 Å². The largest absolute Gasteiger partial charge is 0.396 e. The van der Waals surface area contributed by atoms with Crippen molar-refractivity contribution < 1.29 is 9.84 Å². The van der Waals surface area contributed by atoms with Gasteiger partial charge in [0.05, 0.1) is 12.2 Å². The first-order valence-electron chi connectivity index (χ1n) is 5.09. The Balaban J connectivity index is 3.95. The molecule has 80 valence electrons. The molecule has 3 N–H and O–H groups in total. The van der Waals surface area contributed by atoms with E-state index < -0.39 is 0 Å². The van der Waals surface area contributed by atoms with E-state index in [1.54, 1.807) is 0 Å². The molecule has 1 unspecified atom stereocenters. The van der Waals surface area contributed by atoms with Gasteiger partial charge in [-0.05, 0) is 12.8 Å². The van der Waals surface area contributed by atoms with Gasteiger partial charge >= 0.3 is 0 Å². The second-order valence-corrected chi connectivity index (χ2v) is 3.69. The first kappa shape index (κ1) is 12.9. The normalized spacial score (nSPS) is 14.5. The molecule has 13 heavy (non-hydrogen) atoms. The maximum absolute atomic E-state index is 8.84. The molecular formula is C10H23NO2. The van der Waals surface area contributed by atoms with Crippen molar-refractivity contribution in [2.75, 3.05) is 19.8 Å². The van der Waals surface area contributed by atoms with Crippen LogP contribution in [0, 0.1) is 5.92 Å². The Morgan fingerprint density at radius 3 is 2.23 bits per heavy atom. The fraction of sp³-hybridized carbons (Fsp3) is 1.00. The van der Waals surface area contributed by atoms with Gasteiger partial charge in [-0.1, -0.05) is 20.8 Å². The van der Waals surface area contributed by atoms with E-state index in [0.717, 1.165) is 12.8 Å². The molecule has 0 aromatic heterocycles. The average Bonchev–Trinajstić information content (AvgIpc) is 2.20. The zero-order chi connectivity index (χ0) is 10.3. The van der Waals surface area contributed by atoms with E-state index in [0.29, 0.717) is 13.2 Å². The third-order valence-electron chi connectivity index (χ3n) is 2.65. The molecule has 0 saturated heterocycles. The van der Waals surface area contributed by atoms with Crippen molar-refractivity contribution in [2.45, 2.75) is 39.2 Å². The van der Waals surface area contributed by atoms with Crippen LogP contribution in [0.15, 0.2) is 0 Å². The van der Waals surface area contributed by atoms with Crippen LogP contribution in [0.5, 0.6) is 0 Å². The number of ether oxygens (including phenoxy) is 1. The van der Waals surface area contributed by atoms with Gasteiger partial charge in [-0.3, -0.25) is 0 Å². The standard InChI is InChI=1S/C10H23NO2/c1-4-10(5-2,8-11)13-7-9(3)6-12/h9,12H,4-8,11H2,1-3H3. The lowest BCUT2D eigenvalue weighted by molar-refractivity contribution is -0.0631. The Kier molecular flexibility index (Phi) is 6.29. The topological polar surface area (TPSA) is 55.5 Å². The lowest BCUT2D eigenvalue weighted by atomic mass is 9.97. The number of rotatable bonds is 7. The van der Waals surface area contributed by atoms with Gasteiger partial charge in [0.1, 0.15) is 0 Å². The minimum atomic E-state index is -0.177. The van der Waals surface area contributed by atoms with Crippen LogP contribution in [0.4, 0.5) is 0 Å². The summed E-state index contributed by atoms with van der Waals surface area (Å²) < 4.78 is 5.74. The van der Waals surface area contributed by atoms with Gasteiger partial charge in [0, 0.05) is 19.1 Å². The monoisotopic (exact) mass is 189 g/mol. The zero-order valence-electron chi connectivity index (χ0n) is 9.05. The SMILES string of the molecule is CCC(CC)(CN)OCC(C)CO. The molecule has 3 nitrogen and oxygen atoms in total. The van der Waals surface area contributed by atoms with Crippen molar-refractivity contribution >= 4 is 0 Å². The fourth-order valence-corrected chi connectivity index (χ4v) is 1.17. The van der Waals surface area contributed by atoms with Crippen molar-refractivity contribution in [3.63, 3.8) is 0 Å². The number of aliphatic hydroxyl groups excluding tert-OH is 1. The summed E-state index contributed by atoms with van der Waals surface area (Å²) in [7, 11) is 0. The predicted octanol–water partition coefficient (Wildman–Crippen LogP) is 1.15. The van der Waals surface area contributed by atoms with Gasteiger partial charge in [-0.2, -0.15) is 0 Å². The van der Waals surface area contributed by atoms with Crippen molar-refractivity contribution in [1.82, 2.24) is 0 Å². The van der Waals surface area contributed by atoms with Gasteiger partial charge in [-0.25, -0.2) is 0 Å². The van der Waals surface area contributed by atoms with Crippen LogP contribution in [0.2, 0.25) is 0 Å². The number of hydrogen-bond donors (Lipinski definition) is 2. The molecule has 0 aromatic rings. The van der Waals surface area contributed by atoms with Crippen molar-refractivity contribution in [1.29, 1.82) is 0 Å². The lowest BCUT2D eigenvalue weighted by Crippen LogP contribution is -2.40. The quantitative estimate of drug-likeness (QED) is 0.631. The Morgan fingerprint density at radius 1 is 1.38 bits per heavy atom. The van der Waals surface area contributed by atoms with Crippen LogP contribution < -0.4 is 5.73 Å². The number of hydrogen-bond acceptors (Lipinski definition) is 3. The highest BCUT2D eigenvalue weighted by atomic mass is 16.5. The van der Waals surface area contributed by atoms with E-state index in [-0.39, 0.29) is 18.1 Å². The van der Waals surface area contributed by atoms with Crippen LogP contribution in [-0.2, 0) is 4.74 Å². The van der Waals surface area contributed by atoms with E-state index in [2.05, 4.69) is 13.8 Å². The summed E-state index contributed by atoms with van der Waals surface area (Å²) in [4.78, 5) is 0. The molecule has 0 bridgehead atoms. The molecular weight excluding hydrogens is 166 g/mol. The molecule has 0 rings (SSSR count). The Bertz CT molecular complexity index is 116. The lowest BCUT2D eigenvalue weighted by Gasteiger charge is -2.31. The molecule has 0 aliphatic carbocycles.